The molecule has 4 nitrogen and oxygen atoms in total. The van der Waals surface area contributed by atoms with Gasteiger partial charge in [0.25, 0.3) is 0 Å². The lowest BCUT2D eigenvalue weighted by Crippen LogP contribution is -2.07. The number of carboxylic acid groups (broad SMARTS) is 1. The summed E-state index contributed by atoms with van der Waals surface area (Å²) in [6.45, 7) is 3.84. The zero-order valence-corrected chi connectivity index (χ0v) is 11.9. The molecule has 0 amide bonds. The van der Waals surface area contributed by atoms with Crippen molar-refractivity contribution in [1.29, 1.82) is 0 Å². The van der Waals surface area contributed by atoms with E-state index in [1.54, 1.807) is 4.57 Å². The first kappa shape index (κ1) is 14.8. The predicted molar refractivity (Wildman–Crippen MR) is 73.0 cm³/mol. The Morgan fingerprint density at radius 3 is 2.80 bits per heavy atom. The average Bonchev–Trinajstić information content (AvgIpc) is 2.74. The van der Waals surface area contributed by atoms with Gasteiger partial charge in [-0.25, -0.2) is 13.8 Å². The maximum absolute atomic E-state index is 13.8. The Hall–Kier alpha value is -1.63. The van der Waals surface area contributed by atoms with Crippen LogP contribution in [0.1, 0.15) is 26.3 Å². The minimum atomic E-state index is -0.982. The van der Waals surface area contributed by atoms with Crippen molar-refractivity contribution in [2.45, 2.75) is 31.5 Å². The molecular weight excluding hydrogens is 286 g/mol. The first-order chi connectivity index (χ1) is 9.43. The summed E-state index contributed by atoms with van der Waals surface area (Å²) >= 11 is 1.00. The van der Waals surface area contributed by atoms with Crippen molar-refractivity contribution in [2.24, 2.45) is 0 Å². The number of halogens is 2. The van der Waals surface area contributed by atoms with Gasteiger partial charge in [-0.05, 0) is 13.3 Å². The standard InChI is InChI=1S/C13H14F2N2O2S/c1-3-7(2)17-10-5-8(14)4-9(15)12(10)16-13(17)20-6-11(18)19/h4-5,7H,3,6H2,1-2H3,(H,18,19). The Morgan fingerprint density at radius 2 is 2.20 bits per heavy atom. The zero-order chi connectivity index (χ0) is 14.9. The molecular formula is C13H14F2N2O2S. The number of hydrogen-bond donors (Lipinski definition) is 1. The van der Waals surface area contributed by atoms with Gasteiger partial charge in [-0.3, -0.25) is 4.79 Å². The van der Waals surface area contributed by atoms with E-state index in [4.69, 9.17) is 5.11 Å². The van der Waals surface area contributed by atoms with Gasteiger partial charge in [-0.1, -0.05) is 18.7 Å². The van der Waals surface area contributed by atoms with Gasteiger partial charge in [-0.2, -0.15) is 0 Å². The summed E-state index contributed by atoms with van der Waals surface area (Å²) in [6, 6.07) is 1.97. The molecule has 1 aromatic heterocycles. The van der Waals surface area contributed by atoms with Crippen molar-refractivity contribution in [3.8, 4) is 0 Å². The molecule has 7 heteroatoms. The van der Waals surface area contributed by atoms with Gasteiger partial charge >= 0.3 is 5.97 Å². The average molecular weight is 300 g/mol. The Kier molecular flexibility index (Phi) is 4.27. The van der Waals surface area contributed by atoms with E-state index in [0.29, 0.717) is 10.7 Å². The second-order valence-corrected chi connectivity index (χ2v) is 5.40. The van der Waals surface area contributed by atoms with Crippen LogP contribution in [0.5, 0.6) is 0 Å². The summed E-state index contributed by atoms with van der Waals surface area (Å²) in [4.78, 5) is 14.8. The van der Waals surface area contributed by atoms with Gasteiger partial charge < -0.3 is 9.67 Å². The van der Waals surface area contributed by atoms with Crippen molar-refractivity contribution in [3.63, 3.8) is 0 Å². The summed E-state index contributed by atoms with van der Waals surface area (Å²) in [5.74, 6) is -2.57. The fourth-order valence-corrected chi connectivity index (χ4v) is 2.76. The number of rotatable bonds is 5. The number of nitrogens with zero attached hydrogens (tertiary/aromatic N) is 2. The monoisotopic (exact) mass is 300 g/mol. The Morgan fingerprint density at radius 1 is 1.50 bits per heavy atom. The second-order valence-electron chi connectivity index (χ2n) is 4.46. The molecule has 0 spiro atoms. The van der Waals surface area contributed by atoms with Gasteiger partial charge in [0.1, 0.15) is 11.3 Å². The zero-order valence-electron chi connectivity index (χ0n) is 11.1. The van der Waals surface area contributed by atoms with Gasteiger partial charge in [0.2, 0.25) is 0 Å². The number of aliphatic carboxylic acids is 1. The molecule has 108 valence electrons. The molecule has 1 unspecified atom stereocenters. The van der Waals surface area contributed by atoms with Crippen LogP contribution >= 0.6 is 11.8 Å². The van der Waals surface area contributed by atoms with Crippen molar-refractivity contribution in [2.75, 3.05) is 5.75 Å². The van der Waals surface area contributed by atoms with Crippen LogP contribution in [0.3, 0.4) is 0 Å². The van der Waals surface area contributed by atoms with E-state index in [2.05, 4.69) is 4.98 Å². The maximum Gasteiger partial charge on any atom is 0.313 e. The minimum Gasteiger partial charge on any atom is -0.481 e. The Bertz CT molecular complexity index is 657. The van der Waals surface area contributed by atoms with Crippen LogP contribution in [-0.2, 0) is 4.79 Å². The van der Waals surface area contributed by atoms with Crippen LogP contribution in [0, 0.1) is 11.6 Å². The molecule has 0 saturated heterocycles. The number of thioether (sulfide) groups is 1. The molecule has 2 rings (SSSR count). The van der Waals surface area contributed by atoms with E-state index in [0.717, 1.165) is 24.2 Å². The van der Waals surface area contributed by atoms with Crippen LogP contribution in [0.4, 0.5) is 8.78 Å². The largest absolute Gasteiger partial charge is 0.481 e. The molecule has 1 N–H and O–H groups in total. The number of benzene rings is 1. The first-order valence-corrected chi connectivity index (χ1v) is 7.14. The number of aromatic nitrogens is 2. The SMILES string of the molecule is CCC(C)n1c(SCC(=O)O)nc2c(F)cc(F)cc21. The molecule has 0 bridgehead atoms. The van der Waals surface area contributed by atoms with E-state index in [9.17, 15) is 13.6 Å². The molecule has 1 aromatic carbocycles. The predicted octanol–water partition coefficient (Wildman–Crippen LogP) is 3.46. The van der Waals surface area contributed by atoms with Gasteiger partial charge in [0.05, 0.1) is 11.3 Å². The van der Waals surface area contributed by atoms with Gasteiger partial charge in [0.15, 0.2) is 11.0 Å². The first-order valence-electron chi connectivity index (χ1n) is 6.15. The Balaban J connectivity index is 2.60. The van der Waals surface area contributed by atoms with Gasteiger partial charge in [-0.15, -0.1) is 0 Å². The lowest BCUT2D eigenvalue weighted by atomic mass is 10.2. The topological polar surface area (TPSA) is 55.1 Å². The van der Waals surface area contributed by atoms with E-state index in [-0.39, 0.29) is 17.3 Å². The van der Waals surface area contributed by atoms with E-state index >= 15 is 0 Å². The van der Waals surface area contributed by atoms with Crippen molar-refractivity contribution in [3.05, 3.63) is 23.8 Å². The third-order valence-electron chi connectivity index (χ3n) is 3.04. The molecule has 0 saturated carbocycles. The molecule has 0 radical (unpaired) electrons. The normalized spacial score (nSPS) is 12.8. The fourth-order valence-electron chi connectivity index (χ4n) is 1.94. The van der Waals surface area contributed by atoms with Crippen LogP contribution < -0.4 is 0 Å². The van der Waals surface area contributed by atoms with E-state index < -0.39 is 17.6 Å². The van der Waals surface area contributed by atoms with E-state index in [1.165, 1.54) is 6.07 Å². The number of carboxylic acids is 1. The van der Waals surface area contributed by atoms with Crippen LogP contribution in [0.2, 0.25) is 0 Å². The number of imidazole rings is 1. The quantitative estimate of drug-likeness (QED) is 0.859. The highest BCUT2D eigenvalue weighted by Crippen LogP contribution is 2.30. The smallest absolute Gasteiger partial charge is 0.313 e. The summed E-state index contributed by atoms with van der Waals surface area (Å²) < 4.78 is 28.8. The van der Waals surface area contributed by atoms with E-state index in [1.807, 2.05) is 13.8 Å². The van der Waals surface area contributed by atoms with Crippen molar-refractivity contribution in [1.82, 2.24) is 9.55 Å². The molecule has 1 heterocycles. The van der Waals surface area contributed by atoms with Crippen LogP contribution in [0.15, 0.2) is 17.3 Å². The summed E-state index contributed by atoms with van der Waals surface area (Å²) in [5.41, 5.74) is 0.421. The van der Waals surface area contributed by atoms with Gasteiger partial charge in [0, 0.05) is 18.2 Å². The molecule has 2 aromatic rings. The number of hydrogen-bond acceptors (Lipinski definition) is 3. The summed E-state index contributed by atoms with van der Waals surface area (Å²) in [5, 5.41) is 9.13. The summed E-state index contributed by atoms with van der Waals surface area (Å²) in [6.07, 6.45) is 0.740. The third-order valence-corrected chi connectivity index (χ3v) is 3.97. The van der Waals surface area contributed by atoms with Crippen molar-refractivity contribution < 1.29 is 18.7 Å². The molecule has 0 fully saturated rings. The molecule has 1 atom stereocenters. The maximum atomic E-state index is 13.8. The molecule has 20 heavy (non-hydrogen) atoms. The lowest BCUT2D eigenvalue weighted by Gasteiger charge is -2.15. The molecule has 0 aliphatic carbocycles. The third kappa shape index (κ3) is 2.77. The number of fused-ring (bicyclic) bond motifs is 1. The highest BCUT2D eigenvalue weighted by Gasteiger charge is 2.19. The van der Waals surface area contributed by atoms with Crippen molar-refractivity contribution >= 4 is 28.8 Å². The molecule has 0 aliphatic rings. The number of carbonyl (C=O) groups is 1. The Labute approximate surface area is 118 Å². The minimum absolute atomic E-state index is 0.0301. The van der Waals surface area contributed by atoms with Crippen LogP contribution in [-0.4, -0.2) is 26.4 Å². The molecule has 0 aliphatic heterocycles. The lowest BCUT2D eigenvalue weighted by molar-refractivity contribution is -0.133. The van der Waals surface area contributed by atoms with Crippen LogP contribution in [0.25, 0.3) is 11.0 Å². The highest BCUT2D eigenvalue weighted by atomic mass is 32.2. The summed E-state index contributed by atoms with van der Waals surface area (Å²) in [7, 11) is 0. The second kappa shape index (κ2) is 5.78. The highest BCUT2D eigenvalue weighted by molar-refractivity contribution is 7.99. The fraction of sp³-hybridized carbons (Fsp3) is 0.385.